The molecular weight excluding hydrogens is 396 g/mol. The summed E-state index contributed by atoms with van der Waals surface area (Å²) in [5.41, 5.74) is 2.86. The van der Waals surface area contributed by atoms with E-state index in [4.69, 9.17) is 14.2 Å². The number of methoxy groups -OCH3 is 1. The fourth-order valence-electron chi connectivity index (χ4n) is 3.10. The van der Waals surface area contributed by atoms with Crippen LogP contribution in [0.4, 0.5) is 5.69 Å². The van der Waals surface area contributed by atoms with Crippen LogP contribution < -0.4 is 14.5 Å². The first-order valence-corrected chi connectivity index (χ1v) is 10.1. The topological polar surface area (TPSA) is 77.4 Å². The first kappa shape index (κ1) is 22.1. The molecule has 0 fully saturated rings. The van der Waals surface area contributed by atoms with Crippen molar-refractivity contribution in [2.45, 2.75) is 33.8 Å². The van der Waals surface area contributed by atoms with E-state index in [0.29, 0.717) is 40.6 Å². The minimum absolute atomic E-state index is 0.200. The minimum atomic E-state index is -0.404. The maximum atomic E-state index is 13.0. The SMILES string of the molecule is CCOc1ccc(C=C2C(=O)N(c3ccc(C(=O)OC(C)C)cc3)N=C2C)cc1OC. The van der Waals surface area contributed by atoms with Crippen LogP contribution in [0.2, 0.25) is 0 Å². The largest absolute Gasteiger partial charge is 0.493 e. The van der Waals surface area contributed by atoms with Crippen molar-refractivity contribution in [3.8, 4) is 11.5 Å². The van der Waals surface area contributed by atoms with Crippen LogP contribution in [0.15, 0.2) is 53.1 Å². The molecule has 0 aromatic heterocycles. The summed E-state index contributed by atoms with van der Waals surface area (Å²) in [6.07, 6.45) is 1.57. The average Bonchev–Trinajstić information content (AvgIpc) is 3.02. The van der Waals surface area contributed by atoms with Crippen LogP contribution in [-0.4, -0.2) is 37.4 Å². The third-order valence-corrected chi connectivity index (χ3v) is 4.55. The smallest absolute Gasteiger partial charge is 0.338 e. The van der Waals surface area contributed by atoms with Crippen LogP contribution in [0.1, 0.15) is 43.6 Å². The molecule has 0 bridgehead atoms. The van der Waals surface area contributed by atoms with Gasteiger partial charge in [-0.3, -0.25) is 4.79 Å². The number of carbonyl (C=O) groups excluding carboxylic acids is 2. The van der Waals surface area contributed by atoms with Gasteiger partial charge in [-0.25, -0.2) is 4.79 Å². The van der Waals surface area contributed by atoms with Crippen molar-refractivity contribution >= 4 is 29.4 Å². The summed E-state index contributed by atoms with van der Waals surface area (Å²) in [4.78, 5) is 25.0. The van der Waals surface area contributed by atoms with Gasteiger partial charge in [0.2, 0.25) is 0 Å². The van der Waals surface area contributed by atoms with Gasteiger partial charge in [-0.15, -0.1) is 0 Å². The predicted molar refractivity (Wildman–Crippen MR) is 120 cm³/mol. The van der Waals surface area contributed by atoms with E-state index in [1.54, 1.807) is 58.2 Å². The quantitative estimate of drug-likeness (QED) is 0.486. The molecule has 1 aliphatic rings. The van der Waals surface area contributed by atoms with E-state index < -0.39 is 5.97 Å². The highest BCUT2D eigenvalue weighted by Gasteiger charge is 2.29. The second-order valence-electron chi connectivity index (χ2n) is 7.20. The zero-order valence-electron chi connectivity index (χ0n) is 18.3. The Bertz CT molecular complexity index is 1040. The third kappa shape index (κ3) is 4.94. The van der Waals surface area contributed by atoms with Crippen LogP contribution in [0.5, 0.6) is 11.5 Å². The molecule has 7 nitrogen and oxygen atoms in total. The van der Waals surface area contributed by atoms with Crippen LogP contribution in [0, 0.1) is 0 Å². The zero-order valence-corrected chi connectivity index (χ0v) is 18.3. The molecule has 0 spiro atoms. The summed E-state index contributed by atoms with van der Waals surface area (Å²) >= 11 is 0. The van der Waals surface area contributed by atoms with Gasteiger partial charge < -0.3 is 14.2 Å². The van der Waals surface area contributed by atoms with Crippen molar-refractivity contribution < 1.29 is 23.8 Å². The van der Waals surface area contributed by atoms with Gasteiger partial charge in [0, 0.05) is 0 Å². The molecule has 1 aliphatic heterocycles. The summed E-state index contributed by atoms with van der Waals surface area (Å²) in [5.74, 6) is 0.590. The molecule has 162 valence electrons. The van der Waals surface area contributed by atoms with Gasteiger partial charge in [0.05, 0.1) is 42.4 Å². The second kappa shape index (κ2) is 9.47. The molecule has 2 aromatic rings. The summed E-state index contributed by atoms with van der Waals surface area (Å²) in [7, 11) is 1.57. The number of hydrogen-bond acceptors (Lipinski definition) is 6. The lowest BCUT2D eigenvalue weighted by Gasteiger charge is -2.13. The maximum absolute atomic E-state index is 13.0. The van der Waals surface area contributed by atoms with Crippen molar-refractivity contribution in [1.82, 2.24) is 0 Å². The molecule has 0 atom stereocenters. The Morgan fingerprint density at radius 3 is 2.45 bits per heavy atom. The molecule has 0 saturated carbocycles. The molecule has 0 unspecified atom stereocenters. The van der Waals surface area contributed by atoms with Crippen LogP contribution in [-0.2, 0) is 9.53 Å². The number of hydrogen-bond donors (Lipinski definition) is 0. The number of esters is 1. The number of benzene rings is 2. The van der Waals surface area contributed by atoms with Crippen LogP contribution >= 0.6 is 0 Å². The zero-order chi connectivity index (χ0) is 22.5. The molecule has 0 aliphatic carbocycles. The number of ether oxygens (including phenoxy) is 3. The molecule has 0 saturated heterocycles. The van der Waals surface area contributed by atoms with Crippen LogP contribution in [0.25, 0.3) is 6.08 Å². The Morgan fingerprint density at radius 2 is 1.84 bits per heavy atom. The van der Waals surface area contributed by atoms with E-state index >= 15 is 0 Å². The average molecular weight is 422 g/mol. The van der Waals surface area contributed by atoms with Gasteiger partial charge in [-0.2, -0.15) is 10.1 Å². The van der Waals surface area contributed by atoms with Gasteiger partial charge in [0.15, 0.2) is 11.5 Å². The number of hydrazone groups is 1. The highest BCUT2D eigenvalue weighted by atomic mass is 16.5. The van der Waals surface area contributed by atoms with Gasteiger partial charge in [0.25, 0.3) is 5.91 Å². The van der Waals surface area contributed by atoms with Crippen molar-refractivity contribution in [3.63, 3.8) is 0 Å². The molecule has 0 N–H and O–H groups in total. The number of rotatable bonds is 7. The van der Waals surface area contributed by atoms with Gasteiger partial charge in [-0.05, 0) is 75.7 Å². The van der Waals surface area contributed by atoms with E-state index in [1.807, 2.05) is 25.1 Å². The molecule has 31 heavy (non-hydrogen) atoms. The van der Waals surface area contributed by atoms with Crippen molar-refractivity contribution in [2.75, 3.05) is 18.7 Å². The Labute approximate surface area is 181 Å². The minimum Gasteiger partial charge on any atom is -0.493 e. The monoisotopic (exact) mass is 422 g/mol. The standard InChI is InChI=1S/C24H26N2O5/c1-6-30-21-12-7-17(14-22(21)29-5)13-20-16(4)25-26(23(20)27)19-10-8-18(9-11-19)24(28)31-15(2)3/h7-15H,6H2,1-5H3. The van der Waals surface area contributed by atoms with Crippen molar-refractivity contribution in [3.05, 3.63) is 59.2 Å². The first-order valence-electron chi connectivity index (χ1n) is 10.1. The maximum Gasteiger partial charge on any atom is 0.338 e. The number of anilines is 1. The fraction of sp³-hybridized carbons (Fsp3) is 0.292. The predicted octanol–water partition coefficient (Wildman–Crippen LogP) is 4.47. The van der Waals surface area contributed by atoms with Crippen molar-refractivity contribution in [2.24, 2.45) is 5.10 Å². The molecule has 1 amide bonds. The van der Waals surface area contributed by atoms with Crippen molar-refractivity contribution in [1.29, 1.82) is 0 Å². The third-order valence-electron chi connectivity index (χ3n) is 4.55. The number of carbonyl (C=O) groups is 2. The van der Waals surface area contributed by atoms with E-state index in [0.717, 1.165) is 5.56 Å². The molecule has 1 heterocycles. The normalized spacial score (nSPS) is 14.8. The van der Waals surface area contributed by atoms with Gasteiger partial charge >= 0.3 is 5.97 Å². The lowest BCUT2D eigenvalue weighted by atomic mass is 10.1. The second-order valence-corrected chi connectivity index (χ2v) is 7.20. The Morgan fingerprint density at radius 1 is 1.13 bits per heavy atom. The molecule has 0 radical (unpaired) electrons. The highest BCUT2D eigenvalue weighted by molar-refractivity contribution is 6.32. The molecule has 7 heteroatoms. The van der Waals surface area contributed by atoms with E-state index in [9.17, 15) is 9.59 Å². The number of nitrogens with zero attached hydrogens (tertiary/aromatic N) is 2. The van der Waals surface area contributed by atoms with Crippen LogP contribution in [0.3, 0.4) is 0 Å². The van der Waals surface area contributed by atoms with Gasteiger partial charge in [-0.1, -0.05) is 6.07 Å². The molecule has 2 aromatic carbocycles. The Balaban J connectivity index is 1.82. The highest BCUT2D eigenvalue weighted by Crippen LogP contribution is 2.30. The Hall–Kier alpha value is -3.61. The fourth-order valence-corrected chi connectivity index (χ4v) is 3.10. The van der Waals surface area contributed by atoms with Gasteiger partial charge in [0.1, 0.15) is 0 Å². The summed E-state index contributed by atoms with van der Waals surface area (Å²) in [5, 5.41) is 5.71. The molecular formula is C24H26N2O5. The number of amides is 1. The summed E-state index contributed by atoms with van der Waals surface area (Å²) in [6, 6.07) is 12.1. The Kier molecular flexibility index (Phi) is 6.74. The first-order chi connectivity index (χ1) is 14.8. The summed E-state index contributed by atoms with van der Waals surface area (Å²) < 4.78 is 16.1. The summed E-state index contributed by atoms with van der Waals surface area (Å²) in [6.45, 7) is 7.80. The lowest BCUT2D eigenvalue weighted by Crippen LogP contribution is -2.21. The van der Waals surface area contributed by atoms with E-state index in [1.165, 1.54) is 5.01 Å². The lowest BCUT2D eigenvalue weighted by molar-refractivity contribution is -0.114. The van der Waals surface area contributed by atoms with E-state index in [2.05, 4.69) is 5.10 Å². The van der Waals surface area contributed by atoms with E-state index in [-0.39, 0.29) is 12.0 Å². The molecule has 3 rings (SSSR count).